The zero-order chi connectivity index (χ0) is 17.8. The normalized spacial score (nSPS) is 12.2. The van der Waals surface area contributed by atoms with Crippen molar-refractivity contribution >= 4 is 5.91 Å². The van der Waals surface area contributed by atoms with Gasteiger partial charge in [-0.15, -0.1) is 0 Å². The Kier molecular flexibility index (Phi) is 5.02. The molecule has 0 spiro atoms. The van der Waals surface area contributed by atoms with E-state index in [1.807, 2.05) is 18.2 Å². The first-order chi connectivity index (χ1) is 12.0. The Morgan fingerprint density at radius 2 is 2.04 bits per heavy atom. The number of ether oxygens (including phenoxy) is 2. The summed E-state index contributed by atoms with van der Waals surface area (Å²) in [7, 11) is 0. The predicted octanol–water partition coefficient (Wildman–Crippen LogP) is 1.41. The van der Waals surface area contributed by atoms with E-state index in [4.69, 9.17) is 9.47 Å². The van der Waals surface area contributed by atoms with Gasteiger partial charge < -0.3 is 19.8 Å². The Balaban J connectivity index is 1.46. The molecule has 0 saturated carbocycles. The van der Waals surface area contributed by atoms with Crippen molar-refractivity contribution in [3.8, 4) is 11.5 Å². The first-order valence-corrected chi connectivity index (χ1v) is 8.24. The van der Waals surface area contributed by atoms with Crippen LogP contribution in [0, 0.1) is 13.8 Å². The number of aromatic amines is 1. The molecule has 0 fully saturated rings. The fraction of sp³-hybridized carbons (Fsp3) is 0.389. The van der Waals surface area contributed by atoms with Gasteiger partial charge in [-0.3, -0.25) is 9.59 Å². The summed E-state index contributed by atoms with van der Waals surface area (Å²) in [6.45, 7) is 4.30. The molecule has 132 valence electrons. The second-order valence-corrected chi connectivity index (χ2v) is 6.00. The van der Waals surface area contributed by atoms with Crippen LogP contribution in [0.25, 0.3) is 0 Å². The molecule has 2 aromatic rings. The van der Waals surface area contributed by atoms with Gasteiger partial charge in [-0.2, -0.15) is 0 Å². The standard InChI is InChI=1S/C18H21N3O4/c1-11-14(18(23)21-12(2)20-11)4-6-17(22)19-8-7-13-3-5-15-16(9-13)25-10-24-15/h3,5,9H,4,6-8,10H2,1-2H3,(H,19,22)(H,20,21,23). The van der Waals surface area contributed by atoms with E-state index < -0.39 is 0 Å². The maximum Gasteiger partial charge on any atom is 0.254 e. The molecule has 1 aliphatic heterocycles. The molecule has 25 heavy (non-hydrogen) atoms. The van der Waals surface area contributed by atoms with Crippen molar-refractivity contribution in [2.24, 2.45) is 0 Å². The molecule has 0 unspecified atom stereocenters. The van der Waals surface area contributed by atoms with Crippen molar-refractivity contribution < 1.29 is 14.3 Å². The van der Waals surface area contributed by atoms with Crippen LogP contribution in [0.15, 0.2) is 23.0 Å². The number of hydrogen-bond acceptors (Lipinski definition) is 5. The molecule has 2 N–H and O–H groups in total. The molecular weight excluding hydrogens is 322 g/mol. The molecule has 0 atom stereocenters. The SMILES string of the molecule is Cc1nc(C)c(CCC(=O)NCCc2ccc3c(c2)OCO3)c(=O)[nH]1. The van der Waals surface area contributed by atoms with Gasteiger partial charge in [0.05, 0.1) is 0 Å². The van der Waals surface area contributed by atoms with Gasteiger partial charge in [0.1, 0.15) is 5.82 Å². The Labute approximate surface area is 145 Å². The average Bonchev–Trinajstić information content (AvgIpc) is 3.01. The van der Waals surface area contributed by atoms with Crippen LogP contribution in [0.4, 0.5) is 0 Å². The van der Waals surface area contributed by atoms with Gasteiger partial charge >= 0.3 is 0 Å². The summed E-state index contributed by atoms with van der Waals surface area (Å²) in [6, 6.07) is 5.76. The highest BCUT2D eigenvalue weighted by molar-refractivity contribution is 5.76. The predicted molar refractivity (Wildman–Crippen MR) is 91.9 cm³/mol. The summed E-state index contributed by atoms with van der Waals surface area (Å²) < 4.78 is 10.6. The molecular formula is C18H21N3O4. The van der Waals surface area contributed by atoms with E-state index in [2.05, 4.69) is 15.3 Å². The highest BCUT2D eigenvalue weighted by Gasteiger charge is 2.13. The van der Waals surface area contributed by atoms with Gasteiger partial charge in [0, 0.05) is 24.2 Å². The Morgan fingerprint density at radius 3 is 2.84 bits per heavy atom. The van der Waals surface area contributed by atoms with Gasteiger partial charge in [-0.1, -0.05) is 6.07 Å². The van der Waals surface area contributed by atoms with Gasteiger partial charge in [0.2, 0.25) is 12.7 Å². The van der Waals surface area contributed by atoms with Crippen LogP contribution in [0.1, 0.15) is 29.1 Å². The zero-order valence-corrected chi connectivity index (χ0v) is 14.3. The largest absolute Gasteiger partial charge is 0.454 e. The first kappa shape index (κ1) is 17.0. The second kappa shape index (κ2) is 7.38. The van der Waals surface area contributed by atoms with E-state index >= 15 is 0 Å². The minimum absolute atomic E-state index is 0.0832. The maximum atomic E-state index is 12.0. The number of benzene rings is 1. The zero-order valence-electron chi connectivity index (χ0n) is 14.3. The number of nitrogens with zero attached hydrogens (tertiary/aromatic N) is 1. The van der Waals surface area contributed by atoms with Crippen LogP contribution >= 0.6 is 0 Å². The molecule has 3 rings (SSSR count). The van der Waals surface area contributed by atoms with E-state index in [9.17, 15) is 9.59 Å². The summed E-state index contributed by atoms with van der Waals surface area (Å²) >= 11 is 0. The van der Waals surface area contributed by atoms with Gasteiger partial charge in [0.15, 0.2) is 11.5 Å². The lowest BCUT2D eigenvalue weighted by atomic mass is 10.1. The number of nitrogens with one attached hydrogen (secondary N) is 2. The van der Waals surface area contributed by atoms with Crippen LogP contribution in [-0.2, 0) is 17.6 Å². The lowest BCUT2D eigenvalue weighted by Gasteiger charge is -2.07. The van der Waals surface area contributed by atoms with Crippen LogP contribution < -0.4 is 20.3 Å². The van der Waals surface area contributed by atoms with Crippen LogP contribution in [0.3, 0.4) is 0 Å². The van der Waals surface area contributed by atoms with E-state index in [-0.39, 0.29) is 24.7 Å². The highest BCUT2D eigenvalue weighted by Crippen LogP contribution is 2.32. The molecule has 1 aromatic carbocycles. The fourth-order valence-corrected chi connectivity index (χ4v) is 2.82. The summed E-state index contributed by atoms with van der Waals surface area (Å²) in [5.41, 5.74) is 2.14. The van der Waals surface area contributed by atoms with Gasteiger partial charge in [-0.05, 0) is 44.4 Å². The molecule has 0 radical (unpaired) electrons. The Hall–Kier alpha value is -2.83. The van der Waals surface area contributed by atoms with Crippen molar-refractivity contribution in [3.05, 3.63) is 51.2 Å². The average molecular weight is 343 g/mol. The third-order valence-electron chi connectivity index (χ3n) is 4.12. The quantitative estimate of drug-likeness (QED) is 0.827. The second-order valence-electron chi connectivity index (χ2n) is 6.00. The van der Waals surface area contributed by atoms with Crippen molar-refractivity contribution in [2.75, 3.05) is 13.3 Å². The number of fused-ring (bicyclic) bond motifs is 1. The fourth-order valence-electron chi connectivity index (χ4n) is 2.82. The minimum atomic E-state index is -0.168. The Morgan fingerprint density at radius 1 is 1.24 bits per heavy atom. The van der Waals surface area contributed by atoms with E-state index in [0.29, 0.717) is 36.5 Å². The van der Waals surface area contributed by atoms with Crippen molar-refractivity contribution in [1.29, 1.82) is 0 Å². The molecule has 2 heterocycles. The van der Waals surface area contributed by atoms with Gasteiger partial charge in [-0.25, -0.2) is 4.98 Å². The molecule has 0 saturated heterocycles. The number of aromatic nitrogens is 2. The molecule has 7 heteroatoms. The van der Waals surface area contributed by atoms with E-state index in [1.54, 1.807) is 13.8 Å². The lowest BCUT2D eigenvalue weighted by molar-refractivity contribution is -0.121. The van der Waals surface area contributed by atoms with Crippen LogP contribution in [0.5, 0.6) is 11.5 Å². The van der Waals surface area contributed by atoms with Crippen molar-refractivity contribution in [3.63, 3.8) is 0 Å². The number of carbonyl (C=O) groups excluding carboxylic acids is 1. The highest BCUT2D eigenvalue weighted by atomic mass is 16.7. The van der Waals surface area contributed by atoms with Crippen LogP contribution in [0.2, 0.25) is 0 Å². The molecule has 0 aliphatic carbocycles. The third-order valence-corrected chi connectivity index (χ3v) is 4.12. The smallest absolute Gasteiger partial charge is 0.254 e. The number of rotatable bonds is 6. The first-order valence-electron chi connectivity index (χ1n) is 8.24. The number of aryl methyl sites for hydroxylation is 2. The van der Waals surface area contributed by atoms with E-state index in [0.717, 1.165) is 17.1 Å². The topological polar surface area (TPSA) is 93.3 Å². The number of carbonyl (C=O) groups is 1. The molecule has 1 amide bonds. The van der Waals surface area contributed by atoms with E-state index in [1.165, 1.54) is 0 Å². The minimum Gasteiger partial charge on any atom is -0.454 e. The number of H-pyrrole nitrogens is 1. The summed E-state index contributed by atoms with van der Waals surface area (Å²) in [5.74, 6) is 1.99. The third kappa shape index (κ3) is 4.17. The number of hydrogen-bond donors (Lipinski definition) is 2. The summed E-state index contributed by atoms with van der Waals surface area (Å²) in [5, 5.41) is 2.88. The van der Waals surface area contributed by atoms with Gasteiger partial charge in [0.25, 0.3) is 5.56 Å². The van der Waals surface area contributed by atoms with Crippen LogP contribution in [-0.4, -0.2) is 29.2 Å². The lowest BCUT2D eigenvalue weighted by Crippen LogP contribution is -2.27. The summed E-state index contributed by atoms with van der Waals surface area (Å²) in [4.78, 5) is 30.8. The van der Waals surface area contributed by atoms with Crippen molar-refractivity contribution in [2.45, 2.75) is 33.1 Å². The molecule has 1 aliphatic rings. The molecule has 7 nitrogen and oxygen atoms in total. The monoisotopic (exact) mass is 343 g/mol. The maximum absolute atomic E-state index is 12.0. The molecule has 1 aromatic heterocycles. The Bertz CT molecular complexity index is 845. The number of amides is 1. The summed E-state index contributed by atoms with van der Waals surface area (Å²) in [6.07, 6.45) is 1.34. The van der Waals surface area contributed by atoms with Crippen molar-refractivity contribution in [1.82, 2.24) is 15.3 Å². The molecule has 0 bridgehead atoms.